The quantitative estimate of drug-likeness (QED) is 0.898. The van der Waals surface area contributed by atoms with Gasteiger partial charge in [-0.2, -0.15) is 5.26 Å². The second-order valence-corrected chi connectivity index (χ2v) is 6.48. The van der Waals surface area contributed by atoms with Crippen molar-refractivity contribution in [3.05, 3.63) is 58.4 Å². The maximum absolute atomic E-state index is 12.4. The number of carbonyl (C=O) groups excluding carboxylic acids is 1. The molecule has 3 rings (SSSR count). The summed E-state index contributed by atoms with van der Waals surface area (Å²) in [7, 11) is 0. The molecule has 1 saturated heterocycles. The molecule has 1 aliphatic rings. The van der Waals surface area contributed by atoms with Crippen LogP contribution in [0.5, 0.6) is 0 Å². The fraction of sp³-hybridized carbons (Fsp3) is 0.333. The highest BCUT2D eigenvalue weighted by Crippen LogP contribution is 2.31. The van der Waals surface area contributed by atoms with Gasteiger partial charge in [0.15, 0.2) is 0 Å². The molecule has 5 nitrogen and oxygen atoms in total. The van der Waals surface area contributed by atoms with Gasteiger partial charge in [-0.15, -0.1) is 0 Å². The van der Waals surface area contributed by atoms with Crippen molar-refractivity contribution in [3.8, 4) is 6.07 Å². The minimum Gasteiger partial charge on any atom is -0.388 e. The van der Waals surface area contributed by atoms with E-state index in [9.17, 15) is 9.90 Å². The van der Waals surface area contributed by atoms with Crippen LogP contribution in [0.4, 0.5) is 0 Å². The van der Waals surface area contributed by atoms with E-state index in [1.807, 2.05) is 18.2 Å². The Hall–Kier alpha value is -2.29. The SMILES string of the molecule is N#Cc1cc(C(=O)N2CCC(C(O)c3ccc(Cl)cc3)CC2)c[nH]1. The molecule has 2 heterocycles. The molecule has 0 spiro atoms. The molecule has 24 heavy (non-hydrogen) atoms. The molecule has 0 aliphatic carbocycles. The minimum absolute atomic E-state index is 0.0767. The van der Waals surface area contributed by atoms with Crippen LogP contribution in [0.3, 0.4) is 0 Å². The van der Waals surface area contributed by atoms with E-state index in [1.54, 1.807) is 29.3 Å². The number of likely N-dealkylation sites (tertiary alicyclic amines) is 1. The Balaban J connectivity index is 1.60. The number of carbonyl (C=O) groups is 1. The largest absolute Gasteiger partial charge is 0.388 e. The first-order valence-corrected chi connectivity index (χ1v) is 8.27. The Kier molecular flexibility index (Phi) is 4.89. The van der Waals surface area contributed by atoms with Crippen LogP contribution in [0.15, 0.2) is 36.5 Å². The van der Waals surface area contributed by atoms with Crippen LogP contribution in [0.25, 0.3) is 0 Å². The number of nitrogens with zero attached hydrogens (tertiary/aromatic N) is 2. The molecule has 1 unspecified atom stereocenters. The topological polar surface area (TPSA) is 80.1 Å². The van der Waals surface area contributed by atoms with Crippen LogP contribution in [0.2, 0.25) is 5.02 Å². The average Bonchev–Trinajstić information content (AvgIpc) is 3.10. The smallest absolute Gasteiger partial charge is 0.255 e. The number of H-pyrrole nitrogens is 1. The predicted octanol–water partition coefficient (Wildman–Crippen LogP) is 3.13. The minimum atomic E-state index is -0.544. The number of aliphatic hydroxyl groups is 1. The lowest BCUT2D eigenvalue weighted by Crippen LogP contribution is -2.39. The summed E-state index contributed by atoms with van der Waals surface area (Å²) in [5.41, 5.74) is 1.74. The number of hydrogen-bond acceptors (Lipinski definition) is 3. The molecule has 2 N–H and O–H groups in total. The Labute approximate surface area is 145 Å². The number of benzene rings is 1. The van der Waals surface area contributed by atoms with Gasteiger partial charge in [-0.1, -0.05) is 23.7 Å². The van der Waals surface area contributed by atoms with Gasteiger partial charge in [-0.25, -0.2) is 0 Å². The molecule has 1 aromatic heterocycles. The number of aromatic nitrogens is 1. The van der Waals surface area contributed by atoms with E-state index in [1.165, 1.54) is 0 Å². The maximum atomic E-state index is 12.4. The summed E-state index contributed by atoms with van der Waals surface area (Å²) in [5.74, 6) is 0.0447. The van der Waals surface area contributed by atoms with Crippen LogP contribution < -0.4 is 0 Å². The second-order valence-electron chi connectivity index (χ2n) is 6.04. The second kappa shape index (κ2) is 7.08. The fourth-order valence-electron chi connectivity index (χ4n) is 3.12. The first-order valence-electron chi connectivity index (χ1n) is 7.90. The summed E-state index contributed by atoms with van der Waals surface area (Å²) in [6.07, 6.45) is 2.50. The zero-order valence-corrected chi connectivity index (χ0v) is 13.8. The molecule has 0 radical (unpaired) electrons. The van der Waals surface area contributed by atoms with Gasteiger partial charge in [-0.3, -0.25) is 4.79 Å². The van der Waals surface area contributed by atoms with E-state index in [4.69, 9.17) is 16.9 Å². The molecule has 6 heteroatoms. The summed E-state index contributed by atoms with van der Waals surface area (Å²) < 4.78 is 0. The molecule has 124 valence electrons. The highest BCUT2D eigenvalue weighted by atomic mass is 35.5. The van der Waals surface area contributed by atoms with Crippen LogP contribution in [-0.4, -0.2) is 34.0 Å². The molecule has 2 aromatic rings. The Morgan fingerprint density at radius 3 is 2.58 bits per heavy atom. The highest BCUT2D eigenvalue weighted by Gasteiger charge is 2.29. The van der Waals surface area contributed by atoms with Gasteiger partial charge in [0, 0.05) is 24.3 Å². The summed E-state index contributed by atoms with van der Waals surface area (Å²) in [6.45, 7) is 1.20. The van der Waals surface area contributed by atoms with Gasteiger partial charge in [0.05, 0.1) is 11.7 Å². The van der Waals surface area contributed by atoms with E-state index in [-0.39, 0.29) is 11.8 Å². The summed E-state index contributed by atoms with van der Waals surface area (Å²) in [6, 6.07) is 10.8. The lowest BCUT2D eigenvalue weighted by atomic mass is 9.87. The summed E-state index contributed by atoms with van der Waals surface area (Å²) in [4.78, 5) is 17.0. The fourth-order valence-corrected chi connectivity index (χ4v) is 3.24. The number of halogens is 1. The van der Waals surface area contributed by atoms with Gasteiger partial charge in [0.2, 0.25) is 0 Å². The number of aromatic amines is 1. The highest BCUT2D eigenvalue weighted by molar-refractivity contribution is 6.30. The molecule has 1 aromatic carbocycles. The van der Waals surface area contributed by atoms with Gasteiger partial charge < -0.3 is 15.0 Å². The molecular weight excluding hydrogens is 326 g/mol. The zero-order valence-electron chi connectivity index (χ0n) is 13.1. The molecule has 1 fully saturated rings. The Morgan fingerprint density at radius 1 is 1.33 bits per heavy atom. The van der Waals surface area contributed by atoms with Gasteiger partial charge in [-0.05, 0) is 42.5 Å². The third kappa shape index (κ3) is 3.45. The van der Waals surface area contributed by atoms with Crippen molar-refractivity contribution in [2.24, 2.45) is 5.92 Å². The van der Waals surface area contributed by atoms with Gasteiger partial charge in [0.1, 0.15) is 11.8 Å². The maximum Gasteiger partial charge on any atom is 0.255 e. The van der Waals surface area contributed by atoms with Crippen molar-refractivity contribution < 1.29 is 9.90 Å². The number of hydrogen-bond donors (Lipinski definition) is 2. The average molecular weight is 344 g/mol. The van der Waals surface area contributed by atoms with Gasteiger partial charge >= 0.3 is 0 Å². The van der Waals surface area contributed by atoms with Crippen molar-refractivity contribution in [1.82, 2.24) is 9.88 Å². The third-order valence-electron chi connectivity index (χ3n) is 4.54. The molecular formula is C18H18ClN3O2. The van der Waals surface area contributed by atoms with Crippen molar-refractivity contribution in [2.75, 3.05) is 13.1 Å². The Morgan fingerprint density at radius 2 is 2.00 bits per heavy atom. The van der Waals surface area contributed by atoms with E-state index in [0.29, 0.717) is 29.4 Å². The zero-order chi connectivity index (χ0) is 17.1. The standard InChI is InChI=1S/C18H18ClN3O2/c19-15-3-1-12(2-4-15)17(23)13-5-7-22(8-6-13)18(24)14-9-16(10-20)21-11-14/h1-4,9,11,13,17,21,23H,5-8H2. The van der Waals surface area contributed by atoms with Crippen LogP contribution >= 0.6 is 11.6 Å². The van der Waals surface area contributed by atoms with E-state index in [2.05, 4.69) is 4.98 Å². The van der Waals surface area contributed by atoms with Crippen molar-refractivity contribution in [3.63, 3.8) is 0 Å². The lowest BCUT2D eigenvalue weighted by Gasteiger charge is -2.34. The predicted molar refractivity (Wildman–Crippen MR) is 90.5 cm³/mol. The summed E-state index contributed by atoms with van der Waals surface area (Å²) in [5, 5.41) is 20.0. The monoisotopic (exact) mass is 343 g/mol. The lowest BCUT2D eigenvalue weighted by molar-refractivity contribution is 0.0462. The molecule has 1 atom stereocenters. The third-order valence-corrected chi connectivity index (χ3v) is 4.79. The number of nitrogens with one attached hydrogen (secondary N) is 1. The molecule has 1 amide bonds. The van der Waals surface area contributed by atoms with E-state index < -0.39 is 6.10 Å². The van der Waals surface area contributed by atoms with Crippen LogP contribution in [-0.2, 0) is 0 Å². The van der Waals surface area contributed by atoms with E-state index >= 15 is 0 Å². The van der Waals surface area contributed by atoms with Crippen molar-refractivity contribution in [2.45, 2.75) is 18.9 Å². The molecule has 0 saturated carbocycles. The number of aliphatic hydroxyl groups excluding tert-OH is 1. The molecule has 1 aliphatic heterocycles. The van der Waals surface area contributed by atoms with Crippen LogP contribution in [0, 0.1) is 17.2 Å². The first kappa shape index (κ1) is 16.6. The molecule has 0 bridgehead atoms. The van der Waals surface area contributed by atoms with Gasteiger partial charge in [0.25, 0.3) is 5.91 Å². The normalized spacial score (nSPS) is 16.6. The number of rotatable bonds is 3. The van der Waals surface area contributed by atoms with Crippen molar-refractivity contribution in [1.29, 1.82) is 5.26 Å². The Bertz CT molecular complexity index is 755. The number of amides is 1. The van der Waals surface area contributed by atoms with Crippen molar-refractivity contribution >= 4 is 17.5 Å². The van der Waals surface area contributed by atoms with Crippen LogP contribution in [0.1, 0.15) is 40.6 Å². The van der Waals surface area contributed by atoms with E-state index in [0.717, 1.165) is 18.4 Å². The summed E-state index contributed by atoms with van der Waals surface area (Å²) >= 11 is 5.88. The first-order chi connectivity index (χ1) is 11.6. The number of nitriles is 1. The number of piperidine rings is 1.